The molecule has 1 aromatic rings. The second-order valence-electron chi connectivity index (χ2n) is 3.59. The van der Waals surface area contributed by atoms with E-state index in [1.54, 1.807) is 6.26 Å². The van der Waals surface area contributed by atoms with E-state index in [0.29, 0.717) is 0 Å². The van der Waals surface area contributed by atoms with E-state index < -0.39 is 0 Å². The molecule has 0 aromatic carbocycles. The smallest absolute Gasteiger partial charge is 0.101 e. The van der Waals surface area contributed by atoms with Crippen molar-refractivity contribution >= 4 is 0 Å². The molecule has 1 rings (SSSR count). The van der Waals surface area contributed by atoms with E-state index in [4.69, 9.17) is 10.2 Å². The monoisotopic (exact) mass is 179 g/mol. The molecule has 2 nitrogen and oxygen atoms in total. The van der Waals surface area contributed by atoms with E-state index in [2.05, 4.69) is 6.58 Å². The highest BCUT2D eigenvalue weighted by molar-refractivity contribution is 5.16. The minimum Gasteiger partial charge on any atom is -0.469 e. The molecule has 0 fully saturated rings. The number of allylic oxidation sites excluding steroid dienone is 1. The van der Waals surface area contributed by atoms with Crippen LogP contribution in [0, 0.1) is 6.92 Å². The molecule has 0 aliphatic rings. The molecule has 13 heavy (non-hydrogen) atoms. The van der Waals surface area contributed by atoms with Gasteiger partial charge in [-0.3, -0.25) is 0 Å². The summed E-state index contributed by atoms with van der Waals surface area (Å²) in [6.45, 7) is 7.79. The highest BCUT2D eigenvalue weighted by Crippen LogP contribution is 2.19. The van der Waals surface area contributed by atoms with Crippen LogP contribution in [0.25, 0.3) is 0 Å². The number of furan rings is 1. The van der Waals surface area contributed by atoms with Crippen LogP contribution in [0.2, 0.25) is 0 Å². The first-order chi connectivity index (χ1) is 6.09. The molecule has 1 aromatic heterocycles. The fourth-order valence-electron chi connectivity index (χ4n) is 1.23. The number of hydrogen-bond donors (Lipinski definition) is 1. The Hall–Kier alpha value is -1.02. The maximum atomic E-state index is 5.96. The van der Waals surface area contributed by atoms with Crippen LogP contribution in [0.5, 0.6) is 0 Å². The molecule has 0 amide bonds. The molecule has 0 spiro atoms. The summed E-state index contributed by atoms with van der Waals surface area (Å²) in [5.41, 5.74) is 8.21. The van der Waals surface area contributed by atoms with Gasteiger partial charge < -0.3 is 10.2 Å². The first-order valence-electron chi connectivity index (χ1n) is 4.54. The first-order valence-corrected chi connectivity index (χ1v) is 4.54. The van der Waals surface area contributed by atoms with Gasteiger partial charge >= 0.3 is 0 Å². The Morgan fingerprint density at radius 2 is 2.38 bits per heavy atom. The van der Waals surface area contributed by atoms with Crippen molar-refractivity contribution in [3.63, 3.8) is 0 Å². The maximum absolute atomic E-state index is 5.96. The van der Waals surface area contributed by atoms with Crippen LogP contribution in [-0.2, 0) is 0 Å². The van der Waals surface area contributed by atoms with Crippen LogP contribution in [-0.4, -0.2) is 0 Å². The lowest BCUT2D eigenvalue weighted by molar-refractivity contribution is 0.526. The Bertz CT molecular complexity index is 288. The molecule has 2 heteroatoms. The van der Waals surface area contributed by atoms with Gasteiger partial charge in [-0.1, -0.05) is 5.57 Å². The van der Waals surface area contributed by atoms with Crippen LogP contribution in [0.1, 0.15) is 37.1 Å². The van der Waals surface area contributed by atoms with Gasteiger partial charge in [0.1, 0.15) is 5.76 Å². The van der Waals surface area contributed by atoms with Crippen molar-refractivity contribution in [3.05, 3.63) is 35.8 Å². The SMILES string of the molecule is C=C(C)CCC(N)c1coc(C)c1. The number of nitrogens with two attached hydrogens (primary N) is 1. The summed E-state index contributed by atoms with van der Waals surface area (Å²) in [6.07, 6.45) is 3.65. The van der Waals surface area contributed by atoms with E-state index in [9.17, 15) is 0 Å². The molecule has 72 valence electrons. The number of rotatable bonds is 4. The molecule has 1 unspecified atom stereocenters. The maximum Gasteiger partial charge on any atom is 0.101 e. The van der Waals surface area contributed by atoms with Crippen LogP contribution >= 0.6 is 0 Å². The fraction of sp³-hybridized carbons (Fsp3) is 0.455. The van der Waals surface area contributed by atoms with Gasteiger partial charge in [0.05, 0.1) is 6.26 Å². The molecule has 1 heterocycles. The van der Waals surface area contributed by atoms with Gasteiger partial charge in [-0.15, -0.1) is 6.58 Å². The summed E-state index contributed by atoms with van der Waals surface area (Å²) in [4.78, 5) is 0. The largest absolute Gasteiger partial charge is 0.469 e. The van der Waals surface area contributed by atoms with Gasteiger partial charge in [0.15, 0.2) is 0 Å². The van der Waals surface area contributed by atoms with E-state index in [0.717, 1.165) is 24.2 Å². The van der Waals surface area contributed by atoms with Gasteiger partial charge in [0.25, 0.3) is 0 Å². The average molecular weight is 179 g/mol. The minimum atomic E-state index is 0.0779. The molecule has 2 N–H and O–H groups in total. The standard InChI is InChI=1S/C11H17NO/c1-8(2)4-5-11(12)10-6-9(3)13-7-10/h6-7,11H,1,4-5,12H2,2-3H3. The molecule has 0 aliphatic heterocycles. The quantitative estimate of drug-likeness (QED) is 0.722. The second-order valence-corrected chi connectivity index (χ2v) is 3.59. The fourth-order valence-corrected chi connectivity index (χ4v) is 1.23. The van der Waals surface area contributed by atoms with Crippen molar-refractivity contribution in [1.82, 2.24) is 0 Å². The lowest BCUT2D eigenvalue weighted by Crippen LogP contribution is -2.08. The third-order valence-corrected chi connectivity index (χ3v) is 2.06. The van der Waals surface area contributed by atoms with Gasteiger partial charge in [0.2, 0.25) is 0 Å². The zero-order valence-corrected chi connectivity index (χ0v) is 8.34. The molecule has 0 saturated carbocycles. The molecule has 0 radical (unpaired) electrons. The van der Waals surface area contributed by atoms with E-state index in [1.807, 2.05) is 19.9 Å². The third-order valence-electron chi connectivity index (χ3n) is 2.06. The molecule has 0 saturated heterocycles. The van der Waals surface area contributed by atoms with Crippen LogP contribution in [0.15, 0.2) is 28.9 Å². The second kappa shape index (κ2) is 4.28. The Labute approximate surface area is 79.4 Å². The predicted molar refractivity (Wildman–Crippen MR) is 54.4 cm³/mol. The van der Waals surface area contributed by atoms with Gasteiger partial charge in [0, 0.05) is 11.6 Å². The summed E-state index contributed by atoms with van der Waals surface area (Å²) in [7, 11) is 0. The van der Waals surface area contributed by atoms with Crippen LogP contribution < -0.4 is 5.73 Å². The molecule has 1 atom stereocenters. The van der Waals surface area contributed by atoms with Crippen molar-refractivity contribution in [1.29, 1.82) is 0 Å². The van der Waals surface area contributed by atoms with Gasteiger partial charge in [-0.25, -0.2) is 0 Å². The van der Waals surface area contributed by atoms with Gasteiger partial charge in [-0.05, 0) is 32.8 Å². The Morgan fingerprint density at radius 1 is 1.69 bits per heavy atom. The molecule has 0 bridgehead atoms. The summed E-state index contributed by atoms with van der Waals surface area (Å²) < 4.78 is 5.19. The summed E-state index contributed by atoms with van der Waals surface area (Å²) in [5.74, 6) is 0.917. The zero-order valence-electron chi connectivity index (χ0n) is 8.34. The molecular weight excluding hydrogens is 162 g/mol. The van der Waals surface area contributed by atoms with E-state index in [-0.39, 0.29) is 6.04 Å². The van der Waals surface area contributed by atoms with Crippen molar-refractivity contribution < 1.29 is 4.42 Å². The number of hydrogen-bond acceptors (Lipinski definition) is 2. The van der Waals surface area contributed by atoms with Gasteiger partial charge in [-0.2, -0.15) is 0 Å². The van der Waals surface area contributed by atoms with Crippen LogP contribution in [0.4, 0.5) is 0 Å². The third kappa shape index (κ3) is 3.07. The van der Waals surface area contributed by atoms with Crippen molar-refractivity contribution in [3.8, 4) is 0 Å². The lowest BCUT2D eigenvalue weighted by atomic mass is 10.0. The highest BCUT2D eigenvalue weighted by atomic mass is 16.3. The van der Waals surface area contributed by atoms with Crippen molar-refractivity contribution in [2.24, 2.45) is 5.73 Å². The normalized spacial score (nSPS) is 12.8. The Balaban J connectivity index is 2.48. The highest BCUT2D eigenvalue weighted by Gasteiger charge is 2.07. The van der Waals surface area contributed by atoms with Crippen molar-refractivity contribution in [2.45, 2.75) is 32.7 Å². The van der Waals surface area contributed by atoms with Crippen LogP contribution in [0.3, 0.4) is 0 Å². The van der Waals surface area contributed by atoms with E-state index >= 15 is 0 Å². The van der Waals surface area contributed by atoms with Crippen molar-refractivity contribution in [2.75, 3.05) is 0 Å². The lowest BCUT2D eigenvalue weighted by Gasteiger charge is -2.08. The molecule has 0 aliphatic carbocycles. The minimum absolute atomic E-state index is 0.0779. The topological polar surface area (TPSA) is 39.2 Å². The Morgan fingerprint density at radius 3 is 2.85 bits per heavy atom. The molecular formula is C11H17NO. The summed E-state index contributed by atoms with van der Waals surface area (Å²) >= 11 is 0. The zero-order chi connectivity index (χ0) is 9.84. The Kier molecular flexibility index (Phi) is 3.32. The van der Waals surface area contributed by atoms with E-state index in [1.165, 1.54) is 5.57 Å². The average Bonchev–Trinajstić information content (AvgIpc) is 2.47. The summed E-state index contributed by atoms with van der Waals surface area (Å²) in [5, 5.41) is 0. The number of aryl methyl sites for hydroxylation is 1. The predicted octanol–water partition coefficient (Wildman–Crippen LogP) is 2.94. The summed E-state index contributed by atoms with van der Waals surface area (Å²) in [6, 6.07) is 2.07. The first kappa shape index (κ1) is 10.1.